The molecule has 3 N–H and O–H groups in total. The number of hydrogen-bond donors (Lipinski definition) is 2. The first-order valence-corrected chi connectivity index (χ1v) is 5.97. The number of aliphatic hydroxyl groups is 1. The molecule has 0 aliphatic heterocycles. The van der Waals surface area contributed by atoms with E-state index in [1.165, 1.54) is 0 Å². The highest BCUT2D eigenvalue weighted by atomic mass is 32.2. The number of rotatable bonds is 5. The number of sulfonamides is 1. The van der Waals surface area contributed by atoms with Crippen molar-refractivity contribution >= 4 is 10.0 Å². The number of ether oxygens (including phenoxy) is 1. The van der Waals surface area contributed by atoms with Gasteiger partial charge in [0.2, 0.25) is 10.0 Å². The molecule has 1 rings (SSSR count). The second-order valence-corrected chi connectivity index (χ2v) is 4.66. The van der Waals surface area contributed by atoms with Crippen molar-refractivity contribution in [2.45, 2.75) is 6.61 Å². The fourth-order valence-corrected chi connectivity index (χ4v) is 1.26. The van der Waals surface area contributed by atoms with Gasteiger partial charge in [-0.15, -0.1) is 0 Å². The first kappa shape index (κ1) is 12.0. The average molecular weight is 230 g/mol. The van der Waals surface area contributed by atoms with E-state index < -0.39 is 10.0 Å². The van der Waals surface area contributed by atoms with Crippen molar-refractivity contribution in [1.29, 1.82) is 0 Å². The van der Waals surface area contributed by atoms with Gasteiger partial charge >= 0.3 is 0 Å². The van der Waals surface area contributed by atoms with Gasteiger partial charge in [-0.1, -0.05) is 6.07 Å². The van der Waals surface area contributed by atoms with Crippen molar-refractivity contribution in [3.05, 3.63) is 29.8 Å². The van der Waals surface area contributed by atoms with E-state index in [0.717, 1.165) is 0 Å². The molecule has 0 spiro atoms. The maximum absolute atomic E-state index is 10.6. The van der Waals surface area contributed by atoms with E-state index in [1.807, 2.05) is 0 Å². The molecule has 15 heavy (non-hydrogen) atoms. The Morgan fingerprint density at radius 3 is 2.87 bits per heavy atom. The second kappa shape index (κ2) is 5.11. The summed E-state index contributed by atoms with van der Waals surface area (Å²) >= 11 is 0. The molecule has 1 radical (unpaired) electrons. The van der Waals surface area contributed by atoms with Crippen molar-refractivity contribution in [2.24, 2.45) is 5.14 Å². The summed E-state index contributed by atoms with van der Waals surface area (Å²) in [6.07, 6.45) is 0. The van der Waals surface area contributed by atoms with Crippen LogP contribution in [0.15, 0.2) is 18.2 Å². The molecule has 0 aliphatic carbocycles. The van der Waals surface area contributed by atoms with Crippen molar-refractivity contribution in [2.75, 3.05) is 12.4 Å². The number of benzene rings is 1. The lowest BCUT2D eigenvalue weighted by molar-refractivity contribution is 0.279. The average Bonchev–Trinajstić information content (AvgIpc) is 2.16. The topological polar surface area (TPSA) is 89.6 Å². The van der Waals surface area contributed by atoms with Crippen molar-refractivity contribution in [3.8, 4) is 5.75 Å². The second-order valence-electron chi connectivity index (χ2n) is 2.92. The standard InChI is InChI=1S/C9H12NO4S/c10-15(12,13)5-4-14-9-3-1-2-8(6-9)7-11/h1,3,6,11H,4-5,7H2,(H2,10,12,13). The van der Waals surface area contributed by atoms with Crippen LogP contribution in [0.25, 0.3) is 0 Å². The summed E-state index contributed by atoms with van der Waals surface area (Å²) in [6.45, 7) is -0.139. The molecule has 5 nitrogen and oxygen atoms in total. The van der Waals surface area contributed by atoms with E-state index in [-0.39, 0.29) is 19.0 Å². The molecule has 1 aromatic carbocycles. The molecular weight excluding hydrogens is 218 g/mol. The van der Waals surface area contributed by atoms with E-state index in [9.17, 15) is 8.42 Å². The molecule has 6 heteroatoms. The van der Waals surface area contributed by atoms with Gasteiger partial charge in [0.15, 0.2) is 0 Å². The summed E-state index contributed by atoms with van der Waals surface area (Å²) in [7, 11) is -3.49. The van der Waals surface area contributed by atoms with Gasteiger partial charge in [0, 0.05) is 0 Å². The number of primary sulfonamides is 1. The van der Waals surface area contributed by atoms with Gasteiger partial charge in [0.05, 0.1) is 12.4 Å². The molecule has 0 atom stereocenters. The van der Waals surface area contributed by atoms with E-state index in [0.29, 0.717) is 11.3 Å². The maximum Gasteiger partial charge on any atom is 0.212 e. The van der Waals surface area contributed by atoms with Crippen LogP contribution in [0, 0.1) is 6.07 Å². The molecule has 0 heterocycles. The molecule has 1 aromatic rings. The Bertz CT molecular complexity index is 416. The highest BCUT2D eigenvalue weighted by Gasteiger charge is 2.03. The molecule has 0 aromatic heterocycles. The molecule has 0 bridgehead atoms. The summed E-state index contributed by atoms with van der Waals surface area (Å²) in [5.41, 5.74) is 0.586. The SMILES string of the molecule is NS(=O)(=O)CCOc1cc[c]c(CO)c1. The van der Waals surface area contributed by atoms with Gasteiger partial charge in [-0.25, -0.2) is 13.6 Å². The summed E-state index contributed by atoms with van der Waals surface area (Å²) in [5, 5.41) is 13.6. The lowest BCUT2D eigenvalue weighted by Crippen LogP contribution is -2.21. The lowest BCUT2D eigenvalue weighted by Gasteiger charge is -2.05. The predicted octanol–water partition coefficient (Wildman–Crippen LogP) is -0.354. The summed E-state index contributed by atoms with van der Waals surface area (Å²) < 4.78 is 26.3. The molecule has 0 amide bonds. The predicted molar refractivity (Wildman–Crippen MR) is 54.7 cm³/mol. The van der Waals surface area contributed by atoms with E-state index in [1.54, 1.807) is 18.2 Å². The summed E-state index contributed by atoms with van der Waals surface area (Å²) in [6, 6.07) is 7.60. The Balaban J connectivity index is 2.51. The van der Waals surface area contributed by atoms with Gasteiger partial charge in [-0.3, -0.25) is 0 Å². The first-order chi connectivity index (χ1) is 7.01. The minimum atomic E-state index is -3.49. The fourth-order valence-electron chi connectivity index (χ4n) is 0.949. The van der Waals surface area contributed by atoms with Crippen LogP contribution in [0.2, 0.25) is 0 Å². The zero-order chi connectivity index (χ0) is 11.3. The molecule has 83 valence electrons. The highest BCUT2D eigenvalue weighted by Crippen LogP contribution is 2.12. The molecule has 0 fully saturated rings. The van der Waals surface area contributed by atoms with Crippen molar-refractivity contribution < 1.29 is 18.3 Å². The third-order valence-electron chi connectivity index (χ3n) is 1.64. The van der Waals surface area contributed by atoms with Gasteiger partial charge in [0.25, 0.3) is 0 Å². The molecule has 0 unspecified atom stereocenters. The number of hydrogen-bond acceptors (Lipinski definition) is 4. The van der Waals surface area contributed by atoms with E-state index in [2.05, 4.69) is 6.07 Å². The third kappa shape index (κ3) is 4.78. The van der Waals surface area contributed by atoms with Gasteiger partial charge < -0.3 is 9.84 Å². The normalized spacial score (nSPS) is 11.3. The molecule has 0 saturated carbocycles. The third-order valence-corrected chi connectivity index (χ3v) is 2.38. The van der Waals surface area contributed by atoms with Crippen LogP contribution in [0.3, 0.4) is 0 Å². The number of nitrogens with two attached hydrogens (primary N) is 1. The van der Waals surface area contributed by atoms with Crippen LogP contribution in [0.4, 0.5) is 0 Å². The van der Waals surface area contributed by atoms with Crippen LogP contribution in [-0.2, 0) is 16.6 Å². The van der Waals surface area contributed by atoms with Gasteiger partial charge in [-0.05, 0) is 23.8 Å². The first-order valence-electron chi connectivity index (χ1n) is 4.26. The smallest absolute Gasteiger partial charge is 0.212 e. The Labute approximate surface area is 88.5 Å². The lowest BCUT2D eigenvalue weighted by atomic mass is 10.2. The Hall–Kier alpha value is -1.11. The van der Waals surface area contributed by atoms with Crippen LogP contribution < -0.4 is 9.88 Å². The largest absolute Gasteiger partial charge is 0.492 e. The number of aliphatic hydroxyl groups excluding tert-OH is 1. The summed E-state index contributed by atoms with van der Waals surface area (Å²) in [5.74, 6) is 0.251. The zero-order valence-corrected chi connectivity index (χ0v) is 8.83. The van der Waals surface area contributed by atoms with Gasteiger partial charge in [-0.2, -0.15) is 0 Å². The maximum atomic E-state index is 10.6. The monoisotopic (exact) mass is 230 g/mol. The molecule has 0 aliphatic rings. The summed E-state index contributed by atoms with van der Waals surface area (Å²) in [4.78, 5) is 0. The molecular formula is C9H12NO4S. The van der Waals surface area contributed by atoms with E-state index in [4.69, 9.17) is 15.0 Å². The van der Waals surface area contributed by atoms with Gasteiger partial charge in [0.1, 0.15) is 12.4 Å². The Morgan fingerprint density at radius 2 is 2.27 bits per heavy atom. The van der Waals surface area contributed by atoms with Crippen LogP contribution in [0.5, 0.6) is 5.75 Å². The van der Waals surface area contributed by atoms with E-state index >= 15 is 0 Å². The minimum Gasteiger partial charge on any atom is -0.492 e. The van der Waals surface area contributed by atoms with Crippen molar-refractivity contribution in [3.63, 3.8) is 0 Å². The Kier molecular flexibility index (Phi) is 4.07. The van der Waals surface area contributed by atoms with Crippen LogP contribution >= 0.6 is 0 Å². The quantitative estimate of drug-likeness (QED) is 0.723. The minimum absolute atomic E-state index is 0.00623. The zero-order valence-electron chi connectivity index (χ0n) is 8.01. The highest BCUT2D eigenvalue weighted by molar-refractivity contribution is 7.89. The molecule has 0 saturated heterocycles. The Morgan fingerprint density at radius 1 is 1.53 bits per heavy atom. The fraction of sp³-hybridized carbons (Fsp3) is 0.333. The van der Waals surface area contributed by atoms with Crippen LogP contribution in [-0.4, -0.2) is 25.9 Å². The van der Waals surface area contributed by atoms with Crippen LogP contribution in [0.1, 0.15) is 5.56 Å². The van der Waals surface area contributed by atoms with Crippen molar-refractivity contribution in [1.82, 2.24) is 0 Å².